The number of benzene rings is 2. The molecule has 0 amide bonds. The fourth-order valence-corrected chi connectivity index (χ4v) is 6.42. The second-order valence-electron chi connectivity index (χ2n) is 9.32. The van der Waals surface area contributed by atoms with Gasteiger partial charge in [0.05, 0.1) is 22.4 Å². The molecule has 2 N–H and O–H groups in total. The largest absolute Gasteiger partial charge is 0.337 e. The lowest BCUT2D eigenvalue weighted by atomic mass is 10.2. The molecular weight excluding hydrogens is 580 g/mol. The van der Waals surface area contributed by atoms with Gasteiger partial charge in [0, 0.05) is 34.3 Å². The van der Waals surface area contributed by atoms with Crippen LogP contribution in [0.1, 0.15) is 22.5 Å². The number of hydrogen-bond acceptors (Lipinski definition) is 10. The van der Waals surface area contributed by atoms with E-state index in [4.69, 9.17) is 9.05 Å². The van der Waals surface area contributed by atoms with Crippen molar-refractivity contribution in [3.8, 4) is 0 Å². The number of nitrogens with one attached hydrogen (secondary N) is 2. The monoisotopic (exact) mass is 606 g/mol. The molecule has 6 aromatic rings. The maximum Gasteiger partial charge on any atom is 0.266 e. The summed E-state index contributed by atoms with van der Waals surface area (Å²) in [6.07, 6.45) is 3.12. The maximum absolute atomic E-state index is 12.5. The van der Waals surface area contributed by atoms with Gasteiger partial charge in [-0.2, -0.15) is 0 Å². The van der Waals surface area contributed by atoms with Gasteiger partial charge in [0.2, 0.25) is 11.8 Å². The molecule has 0 aliphatic heterocycles. The van der Waals surface area contributed by atoms with Crippen LogP contribution in [0.15, 0.2) is 91.9 Å². The molecule has 0 saturated heterocycles. The molecule has 0 unspecified atom stereocenters. The van der Waals surface area contributed by atoms with Crippen LogP contribution < -0.4 is 9.44 Å². The lowest BCUT2D eigenvalue weighted by molar-refractivity contribution is 0.430. The molecule has 0 spiro atoms. The molecule has 0 bridgehead atoms. The van der Waals surface area contributed by atoms with Gasteiger partial charge in [-0.05, 0) is 52.0 Å². The van der Waals surface area contributed by atoms with Crippen molar-refractivity contribution < 1.29 is 25.9 Å². The summed E-state index contributed by atoms with van der Waals surface area (Å²) in [5.41, 5.74) is 3.44. The number of hydrogen-bond donors (Lipinski definition) is 2. The van der Waals surface area contributed by atoms with Gasteiger partial charge in [0.25, 0.3) is 20.0 Å². The second kappa shape index (κ2) is 11.2. The second-order valence-corrected chi connectivity index (χ2v) is 12.6. The molecule has 0 aliphatic carbocycles. The molecule has 0 radical (unpaired) electrons. The van der Waals surface area contributed by atoms with Crippen molar-refractivity contribution in [2.75, 3.05) is 9.44 Å². The first-order valence-electron chi connectivity index (χ1n) is 12.6. The Bertz CT molecular complexity index is 1980. The average molecular weight is 607 g/mol. The number of sulfonamides is 2. The van der Waals surface area contributed by atoms with E-state index in [9.17, 15) is 16.8 Å². The van der Waals surface area contributed by atoms with Crippen molar-refractivity contribution >= 4 is 53.6 Å². The minimum Gasteiger partial charge on any atom is -0.337 e. The minimum atomic E-state index is -3.80. The lowest BCUT2D eigenvalue weighted by Gasteiger charge is -2.08. The Hall–Kier alpha value is -4.82. The molecule has 216 valence electrons. The summed E-state index contributed by atoms with van der Waals surface area (Å²) >= 11 is 0. The zero-order chi connectivity index (χ0) is 30.1. The molecule has 4 heterocycles. The van der Waals surface area contributed by atoms with Crippen LogP contribution in [-0.4, -0.2) is 37.1 Å². The van der Waals surface area contributed by atoms with Crippen LogP contribution in [0.3, 0.4) is 0 Å². The van der Waals surface area contributed by atoms with Gasteiger partial charge in [-0.3, -0.25) is 9.97 Å². The van der Waals surface area contributed by atoms with Crippen molar-refractivity contribution in [2.24, 2.45) is 0 Å². The van der Waals surface area contributed by atoms with E-state index in [1.54, 1.807) is 64.4 Å². The molecule has 0 fully saturated rings. The SMILES string of the molecule is Cc1noc(NS(=O)(=O)c2cccc3cccnc23)c1C.Cc1noc(NS(=O)(=O)c2cccc3cccnc23)c1C. The number of pyridine rings is 2. The Morgan fingerprint density at radius 1 is 0.571 bits per heavy atom. The Kier molecular flexibility index (Phi) is 7.67. The van der Waals surface area contributed by atoms with E-state index in [-0.39, 0.29) is 21.6 Å². The summed E-state index contributed by atoms with van der Waals surface area (Å²) in [5, 5.41) is 8.99. The zero-order valence-corrected chi connectivity index (χ0v) is 24.6. The molecule has 0 saturated carbocycles. The molecule has 14 heteroatoms. The van der Waals surface area contributed by atoms with E-state index in [1.807, 2.05) is 24.3 Å². The minimum absolute atomic E-state index is 0.106. The highest BCUT2D eigenvalue weighted by Gasteiger charge is 2.23. The number of aryl methyl sites for hydroxylation is 2. The van der Waals surface area contributed by atoms with Crippen LogP contribution in [0.25, 0.3) is 21.8 Å². The van der Waals surface area contributed by atoms with Gasteiger partial charge < -0.3 is 9.05 Å². The van der Waals surface area contributed by atoms with Crippen molar-refractivity contribution in [1.82, 2.24) is 20.3 Å². The predicted octanol–water partition coefficient (Wildman–Crippen LogP) is 5.28. The first-order valence-corrected chi connectivity index (χ1v) is 15.5. The van der Waals surface area contributed by atoms with Crippen molar-refractivity contribution in [2.45, 2.75) is 37.5 Å². The molecule has 12 nitrogen and oxygen atoms in total. The van der Waals surface area contributed by atoms with Crippen LogP contribution in [0, 0.1) is 27.7 Å². The van der Waals surface area contributed by atoms with Gasteiger partial charge in [-0.25, -0.2) is 26.3 Å². The Morgan fingerprint density at radius 3 is 1.31 bits per heavy atom. The summed E-state index contributed by atoms with van der Waals surface area (Å²) in [5.74, 6) is 0.251. The maximum atomic E-state index is 12.5. The lowest BCUT2D eigenvalue weighted by Crippen LogP contribution is -2.14. The van der Waals surface area contributed by atoms with Gasteiger partial charge in [-0.15, -0.1) is 0 Å². The third kappa shape index (κ3) is 5.66. The smallest absolute Gasteiger partial charge is 0.266 e. The fraction of sp³-hybridized carbons (Fsp3) is 0.143. The van der Waals surface area contributed by atoms with Crippen LogP contribution >= 0.6 is 0 Å². The number of para-hydroxylation sites is 2. The van der Waals surface area contributed by atoms with Gasteiger partial charge in [0.15, 0.2) is 0 Å². The number of anilines is 2. The quantitative estimate of drug-likeness (QED) is 0.254. The summed E-state index contributed by atoms with van der Waals surface area (Å²) < 4.78 is 65.0. The summed E-state index contributed by atoms with van der Waals surface area (Å²) in [4.78, 5) is 8.51. The van der Waals surface area contributed by atoms with Crippen LogP contribution in [0.2, 0.25) is 0 Å². The first kappa shape index (κ1) is 28.7. The number of nitrogens with zero attached hydrogens (tertiary/aromatic N) is 4. The van der Waals surface area contributed by atoms with Crippen LogP contribution in [0.4, 0.5) is 11.8 Å². The zero-order valence-electron chi connectivity index (χ0n) is 23.0. The highest BCUT2D eigenvalue weighted by Crippen LogP contribution is 2.27. The number of rotatable bonds is 6. The van der Waals surface area contributed by atoms with E-state index in [2.05, 4.69) is 29.7 Å². The normalized spacial score (nSPS) is 11.7. The topological polar surface area (TPSA) is 170 Å². The highest BCUT2D eigenvalue weighted by atomic mass is 32.2. The molecule has 4 aromatic heterocycles. The van der Waals surface area contributed by atoms with E-state index >= 15 is 0 Å². The number of aromatic nitrogens is 4. The van der Waals surface area contributed by atoms with Gasteiger partial charge >= 0.3 is 0 Å². The Morgan fingerprint density at radius 2 is 0.952 bits per heavy atom. The molecule has 0 atom stereocenters. The molecule has 0 aliphatic rings. The standard InChI is InChI=1S/2C14H13N3O3S/c2*1-9-10(2)16-20-14(9)17-21(18,19)12-7-3-5-11-6-4-8-15-13(11)12/h2*3-8,17H,1-2H3. The molecular formula is C28H26N6O6S2. The van der Waals surface area contributed by atoms with Crippen molar-refractivity contribution in [3.63, 3.8) is 0 Å². The predicted molar refractivity (Wildman–Crippen MR) is 157 cm³/mol. The fourth-order valence-electron chi connectivity index (χ4n) is 3.96. The molecule has 42 heavy (non-hydrogen) atoms. The van der Waals surface area contributed by atoms with Crippen LogP contribution in [-0.2, 0) is 20.0 Å². The van der Waals surface area contributed by atoms with E-state index in [0.29, 0.717) is 33.5 Å². The summed E-state index contributed by atoms with van der Waals surface area (Å²) in [6, 6.07) is 17.1. The Balaban J connectivity index is 0.000000168. The van der Waals surface area contributed by atoms with Crippen molar-refractivity contribution in [1.29, 1.82) is 0 Å². The molecule has 2 aromatic carbocycles. The van der Waals surface area contributed by atoms with Gasteiger partial charge in [-0.1, -0.05) is 46.7 Å². The van der Waals surface area contributed by atoms with Gasteiger partial charge in [0.1, 0.15) is 9.79 Å². The third-order valence-electron chi connectivity index (χ3n) is 6.54. The summed E-state index contributed by atoms with van der Waals surface area (Å²) in [6.45, 7) is 6.97. The van der Waals surface area contributed by atoms with Crippen LogP contribution in [0.5, 0.6) is 0 Å². The van der Waals surface area contributed by atoms with E-state index in [1.165, 1.54) is 12.1 Å². The van der Waals surface area contributed by atoms with E-state index < -0.39 is 20.0 Å². The highest BCUT2D eigenvalue weighted by molar-refractivity contribution is 7.93. The summed E-state index contributed by atoms with van der Waals surface area (Å²) in [7, 11) is -7.59. The first-order chi connectivity index (χ1) is 20.0. The third-order valence-corrected chi connectivity index (χ3v) is 9.26. The Labute approximate surface area is 241 Å². The van der Waals surface area contributed by atoms with E-state index in [0.717, 1.165) is 10.8 Å². The van der Waals surface area contributed by atoms with Crippen molar-refractivity contribution in [3.05, 3.63) is 95.6 Å². The average Bonchev–Trinajstić information content (AvgIpc) is 3.46. The number of fused-ring (bicyclic) bond motifs is 2. The molecule has 6 rings (SSSR count).